The predicted octanol–water partition coefficient (Wildman–Crippen LogP) is 2.14. The highest BCUT2D eigenvalue weighted by Gasteiger charge is 2.19. The molecule has 1 unspecified atom stereocenters. The highest BCUT2D eigenvalue weighted by molar-refractivity contribution is 5.31. The van der Waals surface area contributed by atoms with Crippen LogP contribution in [0.3, 0.4) is 0 Å². The summed E-state index contributed by atoms with van der Waals surface area (Å²) in [7, 11) is 0. The molecule has 0 spiro atoms. The van der Waals surface area contributed by atoms with E-state index in [1.807, 2.05) is 30.3 Å². The summed E-state index contributed by atoms with van der Waals surface area (Å²) in [4.78, 5) is 0. The van der Waals surface area contributed by atoms with Crippen LogP contribution in [0.15, 0.2) is 42.7 Å². The molecule has 0 aliphatic rings. The van der Waals surface area contributed by atoms with E-state index in [1.165, 1.54) is 17.1 Å². The van der Waals surface area contributed by atoms with Crippen LogP contribution in [-0.2, 0) is 0 Å². The molecule has 1 heterocycles. The SMILES string of the molecule is NC(c1cnn(-c2ccccc2)c1)C(F)F. The van der Waals surface area contributed by atoms with E-state index in [9.17, 15) is 8.78 Å². The van der Waals surface area contributed by atoms with Gasteiger partial charge in [-0.3, -0.25) is 0 Å². The number of hydrogen-bond donors (Lipinski definition) is 1. The second-order valence-corrected chi connectivity index (χ2v) is 3.41. The van der Waals surface area contributed by atoms with E-state index in [4.69, 9.17) is 5.73 Å². The molecule has 2 rings (SSSR count). The number of hydrogen-bond acceptors (Lipinski definition) is 2. The van der Waals surface area contributed by atoms with Crippen molar-refractivity contribution in [2.24, 2.45) is 5.73 Å². The number of alkyl halides is 2. The fourth-order valence-corrected chi connectivity index (χ4v) is 1.38. The molecule has 0 radical (unpaired) electrons. The highest BCUT2D eigenvalue weighted by atomic mass is 19.3. The van der Waals surface area contributed by atoms with Gasteiger partial charge in [-0.25, -0.2) is 13.5 Å². The van der Waals surface area contributed by atoms with Crippen molar-refractivity contribution in [2.75, 3.05) is 0 Å². The Hall–Kier alpha value is -1.75. The van der Waals surface area contributed by atoms with Crippen molar-refractivity contribution in [3.8, 4) is 5.69 Å². The molecule has 2 aromatic rings. The predicted molar refractivity (Wildman–Crippen MR) is 56.5 cm³/mol. The molecule has 1 aromatic heterocycles. The van der Waals surface area contributed by atoms with Crippen molar-refractivity contribution < 1.29 is 8.78 Å². The lowest BCUT2D eigenvalue weighted by Crippen LogP contribution is -2.18. The van der Waals surface area contributed by atoms with E-state index in [0.29, 0.717) is 5.56 Å². The van der Waals surface area contributed by atoms with E-state index in [-0.39, 0.29) is 0 Å². The minimum absolute atomic E-state index is 0.332. The summed E-state index contributed by atoms with van der Waals surface area (Å²) in [5, 5.41) is 3.99. The Bertz CT molecular complexity index is 453. The molecule has 2 N–H and O–H groups in total. The van der Waals surface area contributed by atoms with E-state index in [1.54, 1.807) is 0 Å². The number of halogens is 2. The maximum Gasteiger partial charge on any atom is 0.257 e. The van der Waals surface area contributed by atoms with Crippen LogP contribution in [0, 0.1) is 0 Å². The number of para-hydroxylation sites is 1. The van der Waals surface area contributed by atoms with E-state index < -0.39 is 12.5 Å². The van der Waals surface area contributed by atoms with Crippen molar-refractivity contribution >= 4 is 0 Å². The Morgan fingerprint density at radius 2 is 1.88 bits per heavy atom. The van der Waals surface area contributed by atoms with Crippen molar-refractivity contribution in [1.82, 2.24) is 9.78 Å². The van der Waals surface area contributed by atoms with E-state index in [0.717, 1.165) is 5.69 Å². The van der Waals surface area contributed by atoms with Gasteiger partial charge in [-0.15, -0.1) is 0 Å². The summed E-state index contributed by atoms with van der Waals surface area (Å²) >= 11 is 0. The number of nitrogens with two attached hydrogens (primary N) is 1. The minimum atomic E-state index is -2.58. The van der Waals surface area contributed by atoms with Crippen LogP contribution in [0.25, 0.3) is 5.69 Å². The third kappa shape index (κ3) is 2.09. The van der Waals surface area contributed by atoms with Crippen molar-refractivity contribution in [2.45, 2.75) is 12.5 Å². The summed E-state index contributed by atoms with van der Waals surface area (Å²) in [6.07, 6.45) is 0.309. The molecule has 0 aliphatic heterocycles. The Balaban J connectivity index is 2.27. The largest absolute Gasteiger partial charge is 0.319 e. The zero-order valence-corrected chi connectivity index (χ0v) is 8.42. The van der Waals surface area contributed by atoms with Crippen LogP contribution < -0.4 is 5.73 Å². The first-order valence-corrected chi connectivity index (χ1v) is 4.82. The smallest absolute Gasteiger partial charge is 0.257 e. The fourth-order valence-electron chi connectivity index (χ4n) is 1.38. The Labute approximate surface area is 91.5 Å². The van der Waals surface area contributed by atoms with Gasteiger partial charge in [0.1, 0.15) is 0 Å². The average Bonchev–Trinajstić information content (AvgIpc) is 2.78. The molecular formula is C11H11F2N3. The summed E-state index contributed by atoms with van der Waals surface area (Å²) in [5.41, 5.74) is 6.47. The standard InChI is InChI=1S/C11H11F2N3/c12-11(13)10(14)8-6-15-16(7-8)9-4-2-1-3-5-9/h1-7,10-11H,14H2. The van der Waals surface area contributed by atoms with Crippen LogP contribution in [0.5, 0.6) is 0 Å². The molecular weight excluding hydrogens is 212 g/mol. The van der Waals surface area contributed by atoms with Gasteiger partial charge in [0.15, 0.2) is 0 Å². The molecule has 0 saturated carbocycles. The first kappa shape index (κ1) is 10.8. The zero-order valence-electron chi connectivity index (χ0n) is 8.42. The molecule has 0 amide bonds. The molecule has 0 fully saturated rings. The van der Waals surface area contributed by atoms with Gasteiger partial charge in [-0.2, -0.15) is 5.10 Å². The number of rotatable bonds is 3. The molecule has 3 nitrogen and oxygen atoms in total. The monoisotopic (exact) mass is 223 g/mol. The normalized spacial score (nSPS) is 13.0. The molecule has 0 saturated heterocycles. The van der Waals surface area contributed by atoms with Gasteiger partial charge in [-0.05, 0) is 12.1 Å². The first-order chi connectivity index (χ1) is 7.68. The van der Waals surface area contributed by atoms with Gasteiger partial charge in [0, 0.05) is 11.8 Å². The Morgan fingerprint density at radius 3 is 2.50 bits per heavy atom. The van der Waals surface area contributed by atoms with Crippen LogP contribution in [-0.4, -0.2) is 16.2 Å². The van der Waals surface area contributed by atoms with Crippen molar-refractivity contribution in [3.63, 3.8) is 0 Å². The van der Waals surface area contributed by atoms with Gasteiger partial charge >= 0.3 is 0 Å². The summed E-state index contributed by atoms with van der Waals surface area (Å²) < 4.78 is 26.3. The lowest BCUT2D eigenvalue weighted by molar-refractivity contribution is 0.116. The highest BCUT2D eigenvalue weighted by Crippen LogP contribution is 2.18. The number of aromatic nitrogens is 2. The zero-order chi connectivity index (χ0) is 11.5. The van der Waals surface area contributed by atoms with Gasteiger partial charge in [0.2, 0.25) is 0 Å². The van der Waals surface area contributed by atoms with Crippen LogP contribution in [0.4, 0.5) is 8.78 Å². The van der Waals surface area contributed by atoms with E-state index >= 15 is 0 Å². The van der Waals surface area contributed by atoms with Crippen LogP contribution in [0.1, 0.15) is 11.6 Å². The second kappa shape index (κ2) is 4.40. The minimum Gasteiger partial charge on any atom is -0.319 e. The molecule has 5 heteroatoms. The summed E-state index contributed by atoms with van der Waals surface area (Å²) in [6.45, 7) is 0. The molecule has 1 atom stereocenters. The van der Waals surface area contributed by atoms with Crippen molar-refractivity contribution in [1.29, 1.82) is 0 Å². The van der Waals surface area contributed by atoms with Gasteiger partial charge in [-0.1, -0.05) is 18.2 Å². The summed E-state index contributed by atoms with van der Waals surface area (Å²) in [5.74, 6) is 0. The Kier molecular flexibility index (Phi) is 2.96. The quantitative estimate of drug-likeness (QED) is 0.866. The van der Waals surface area contributed by atoms with Gasteiger partial charge in [0.05, 0.1) is 17.9 Å². The first-order valence-electron chi connectivity index (χ1n) is 4.82. The van der Waals surface area contributed by atoms with Gasteiger partial charge < -0.3 is 5.73 Å². The summed E-state index contributed by atoms with van der Waals surface area (Å²) in [6, 6.07) is 7.97. The number of nitrogens with zero attached hydrogens (tertiary/aromatic N) is 2. The van der Waals surface area contributed by atoms with Gasteiger partial charge in [0.25, 0.3) is 6.43 Å². The molecule has 84 valence electrons. The maximum atomic E-state index is 12.4. The maximum absolute atomic E-state index is 12.4. The molecule has 0 bridgehead atoms. The number of benzene rings is 1. The topological polar surface area (TPSA) is 43.8 Å². The average molecular weight is 223 g/mol. The molecule has 1 aromatic carbocycles. The van der Waals surface area contributed by atoms with Crippen LogP contribution in [0.2, 0.25) is 0 Å². The molecule has 16 heavy (non-hydrogen) atoms. The van der Waals surface area contributed by atoms with E-state index in [2.05, 4.69) is 5.10 Å². The second-order valence-electron chi connectivity index (χ2n) is 3.41. The third-order valence-electron chi connectivity index (χ3n) is 2.28. The Morgan fingerprint density at radius 1 is 1.19 bits per heavy atom. The molecule has 0 aliphatic carbocycles. The third-order valence-corrected chi connectivity index (χ3v) is 2.28. The van der Waals surface area contributed by atoms with Crippen molar-refractivity contribution in [3.05, 3.63) is 48.3 Å². The van der Waals surface area contributed by atoms with Crippen LogP contribution >= 0.6 is 0 Å². The lowest BCUT2D eigenvalue weighted by Gasteiger charge is -2.06. The lowest BCUT2D eigenvalue weighted by atomic mass is 10.2. The fraction of sp³-hybridized carbons (Fsp3) is 0.182.